The van der Waals surface area contributed by atoms with Crippen molar-refractivity contribution in [2.24, 2.45) is 0 Å². The maximum Gasteiger partial charge on any atom is 0.292 e. The number of aromatic nitrogens is 2. The molecule has 24 heavy (non-hydrogen) atoms. The van der Waals surface area contributed by atoms with Crippen LogP contribution in [0.5, 0.6) is 0 Å². The van der Waals surface area contributed by atoms with Gasteiger partial charge in [0, 0.05) is 12.6 Å². The van der Waals surface area contributed by atoms with Crippen LogP contribution in [-0.2, 0) is 16.1 Å². The number of hydrogen-bond acceptors (Lipinski definition) is 5. The third kappa shape index (κ3) is 3.48. The van der Waals surface area contributed by atoms with Crippen molar-refractivity contribution in [2.45, 2.75) is 56.5 Å². The van der Waals surface area contributed by atoms with Gasteiger partial charge in [0.15, 0.2) is 0 Å². The Morgan fingerprint density at radius 3 is 2.79 bits per heavy atom. The molecule has 8 heteroatoms. The SMILES string of the molecule is CCN1C(=O)CSc2cnn(CC(=O)NC3CCCCC3)c(=O)c21. The molecular formula is C16H22N4O3S. The van der Waals surface area contributed by atoms with Crippen LogP contribution in [0.4, 0.5) is 5.69 Å². The largest absolute Gasteiger partial charge is 0.352 e. The van der Waals surface area contributed by atoms with Crippen LogP contribution < -0.4 is 15.8 Å². The number of nitrogens with one attached hydrogen (secondary N) is 1. The highest BCUT2D eigenvalue weighted by Crippen LogP contribution is 2.31. The molecule has 1 aliphatic heterocycles. The van der Waals surface area contributed by atoms with Crippen LogP contribution in [0.1, 0.15) is 39.0 Å². The van der Waals surface area contributed by atoms with Crippen LogP contribution >= 0.6 is 11.8 Å². The van der Waals surface area contributed by atoms with Crippen molar-refractivity contribution in [2.75, 3.05) is 17.2 Å². The van der Waals surface area contributed by atoms with Crippen molar-refractivity contribution in [3.63, 3.8) is 0 Å². The zero-order valence-electron chi connectivity index (χ0n) is 13.8. The highest BCUT2D eigenvalue weighted by Gasteiger charge is 2.28. The Hall–Kier alpha value is -1.83. The van der Waals surface area contributed by atoms with E-state index in [0.29, 0.717) is 22.9 Å². The molecule has 1 saturated carbocycles. The number of anilines is 1. The minimum absolute atomic E-state index is 0.0866. The molecule has 0 bridgehead atoms. The summed E-state index contributed by atoms with van der Waals surface area (Å²) in [7, 11) is 0. The number of thioether (sulfide) groups is 1. The molecule has 130 valence electrons. The van der Waals surface area contributed by atoms with Gasteiger partial charge in [0.25, 0.3) is 5.56 Å². The van der Waals surface area contributed by atoms with Gasteiger partial charge in [-0.1, -0.05) is 19.3 Å². The topological polar surface area (TPSA) is 84.3 Å². The van der Waals surface area contributed by atoms with E-state index in [1.807, 2.05) is 6.92 Å². The van der Waals surface area contributed by atoms with Gasteiger partial charge in [-0.2, -0.15) is 5.10 Å². The lowest BCUT2D eigenvalue weighted by molar-refractivity contribution is -0.122. The van der Waals surface area contributed by atoms with E-state index in [1.165, 1.54) is 23.1 Å². The third-order valence-corrected chi connectivity index (χ3v) is 5.49. The van der Waals surface area contributed by atoms with Crippen LogP contribution in [0, 0.1) is 0 Å². The molecule has 0 radical (unpaired) electrons. The maximum atomic E-state index is 12.7. The lowest BCUT2D eigenvalue weighted by Gasteiger charge is -2.27. The van der Waals surface area contributed by atoms with Gasteiger partial charge in [-0.05, 0) is 19.8 Å². The van der Waals surface area contributed by atoms with E-state index >= 15 is 0 Å². The van der Waals surface area contributed by atoms with E-state index in [-0.39, 0.29) is 30.0 Å². The summed E-state index contributed by atoms with van der Waals surface area (Å²) in [4.78, 5) is 39.1. The Morgan fingerprint density at radius 2 is 2.08 bits per heavy atom. The molecule has 0 saturated heterocycles. The molecule has 2 amide bonds. The Bertz CT molecular complexity index is 697. The number of rotatable bonds is 4. The number of fused-ring (bicyclic) bond motifs is 1. The lowest BCUT2D eigenvalue weighted by atomic mass is 9.95. The summed E-state index contributed by atoms with van der Waals surface area (Å²) in [6, 6.07) is 0.198. The van der Waals surface area contributed by atoms with Crippen LogP contribution in [-0.4, -0.2) is 39.9 Å². The molecule has 7 nitrogen and oxygen atoms in total. The Morgan fingerprint density at radius 1 is 1.33 bits per heavy atom. The predicted octanol–water partition coefficient (Wildman–Crippen LogP) is 1.15. The summed E-state index contributed by atoms with van der Waals surface area (Å²) in [5.74, 6) is 0.0273. The van der Waals surface area contributed by atoms with Crippen molar-refractivity contribution < 1.29 is 9.59 Å². The second-order valence-electron chi connectivity index (χ2n) is 6.15. The first-order chi connectivity index (χ1) is 11.6. The molecular weight excluding hydrogens is 328 g/mol. The van der Waals surface area contributed by atoms with Gasteiger partial charge in [-0.25, -0.2) is 4.68 Å². The quantitative estimate of drug-likeness (QED) is 0.881. The fourth-order valence-corrected chi connectivity index (χ4v) is 4.15. The average molecular weight is 350 g/mol. The van der Waals surface area contributed by atoms with Crippen molar-refractivity contribution in [1.29, 1.82) is 0 Å². The number of hydrogen-bond donors (Lipinski definition) is 1. The first-order valence-corrected chi connectivity index (χ1v) is 9.41. The van der Waals surface area contributed by atoms with Gasteiger partial charge >= 0.3 is 0 Å². The zero-order chi connectivity index (χ0) is 17.1. The van der Waals surface area contributed by atoms with Gasteiger partial charge in [0.05, 0.1) is 16.8 Å². The van der Waals surface area contributed by atoms with E-state index in [2.05, 4.69) is 10.4 Å². The van der Waals surface area contributed by atoms with Gasteiger partial charge < -0.3 is 10.2 Å². The number of carbonyl (C=O) groups is 2. The number of amides is 2. The smallest absolute Gasteiger partial charge is 0.292 e. The monoisotopic (exact) mass is 350 g/mol. The van der Waals surface area contributed by atoms with Gasteiger partial charge in [-0.15, -0.1) is 11.8 Å². The molecule has 2 heterocycles. The van der Waals surface area contributed by atoms with Crippen molar-refractivity contribution in [1.82, 2.24) is 15.1 Å². The summed E-state index contributed by atoms with van der Waals surface area (Å²) in [6.45, 7) is 2.15. The molecule has 0 unspecified atom stereocenters. The summed E-state index contributed by atoms with van der Waals surface area (Å²) < 4.78 is 1.15. The molecule has 1 aromatic heterocycles. The summed E-state index contributed by atoms with van der Waals surface area (Å²) in [6.07, 6.45) is 7.04. The minimum Gasteiger partial charge on any atom is -0.352 e. The van der Waals surface area contributed by atoms with E-state index < -0.39 is 0 Å². The molecule has 0 spiro atoms. The number of carbonyl (C=O) groups excluding carboxylic acids is 2. The molecule has 0 atom stereocenters. The normalized spacial score (nSPS) is 18.4. The molecule has 2 aliphatic rings. The van der Waals surface area contributed by atoms with E-state index in [9.17, 15) is 14.4 Å². The van der Waals surface area contributed by atoms with Crippen LogP contribution in [0.15, 0.2) is 15.9 Å². The van der Waals surface area contributed by atoms with Crippen LogP contribution in [0.3, 0.4) is 0 Å². The van der Waals surface area contributed by atoms with Crippen molar-refractivity contribution in [3.05, 3.63) is 16.6 Å². The summed E-state index contributed by atoms with van der Waals surface area (Å²) in [5.41, 5.74) is -0.0343. The Balaban J connectivity index is 1.77. The second kappa shape index (κ2) is 7.38. The fraction of sp³-hybridized carbons (Fsp3) is 0.625. The highest BCUT2D eigenvalue weighted by atomic mass is 32.2. The molecule has 1 N–H and O–H groups in total. The van der Waals surface area contributed by atoms with E-state index in [4.69, 9.17) is 0 Å². The fourth-order valence-electron chi connectivity index (χ4n) is 3.26. The Kier molecular flexibility index (Phi) is 5.23. The minimum atomic E-state index is -0.381. The van der Waals surface area contributed by atoms with Gasteiger partial charge in [-0.3, -0.25) is 14.4 Å². The molecule has 1 aromatic rings. The van der Waals surface area contributed by atoms with Crippen molar-refractivity contribution >= 4 is 29.3 Å². The maximum absolute atomic E-state index is 12.7. The molecule has 1 fully saturated rings. The third-order valence-electron chi connectivity index (χ3n) is 4.49. The summed E-state index contributed by atoms with van der Waals surface area (Å²) in [5, 5.41) is 7.09. The van der Waals surface area contributed by atoms with E-state index in [1.54, 1.807) is 6.20 Å². The second-order valence-corrected chi connectivity index (χ2v) is 7.17. The summed E-state index contributed by atoms with van der Waals surface area (Å²) >= 11 is 1.32. The average Bonchev–Trinajstić information content (AvgIpc) is 2.58. The standard InChI is InChI=1S/C16H22N4O3S/c1-2-19-14(22)10-24-12-8-17-20(16(23)15(12)19)9-13(21)18-11-6-4-3-5-7-11/h8,11H,2-7,9-10H2,1H3,(H,18,21). The van der Waals surface area contributed by atoms with Gasteiger partial charge in [0.1, 0.15) is 12.2 Å². The van der Waals surface area contributed by atoms with Crippen LogP contribution in [0.2, 0.25) is 0 Å². The lowest BCUT2D eigenvalue weighted by Crippen LogP contribution is -2.44. The van der Waals surface area contributed by atoms with Crippen molar-refractivity contribution in [3.8, 4) is 0 Å². The van der Waals surface area contributed by atoms with Gasteiger partial charge in [0.2, 0.25) is 11.8 Å². The first-order valence-electron chi connectivity index (χ1n) is 8.42. The molecule has 0 aromatic carbocycles. The molecule has 1 aliphatic carbocycles. The molecule has 3 rings (SSSR count). The first kappa shape index (κ1) is 17.0. The Labute approximate surface area is 144 Å². The zero-order valence-corrected chi connectivity index (χ0v) is 14.6. The van der Waals surface area contributed by atoms with E-state index in [0.717, 1.165) is 30.4 Å². The van der Waals surface area contributed by atoms with Crippen LogP contribution in [0.25, 0.3) is 0 Å². The highest BCUT2D eigenvalue weighted by molar-refractivity contribution is 8.00. The predicted molar refractivity (Wildman–Crippen MR) is 92.3 cm³/mol. The number of nitrogens with zero attached hydrogens (tertiary/aromatic N) is 3.